The van der Waals surface area contributed by atoms with Crippen molar-refractivity contribution >= 4 is 5.91 Å². The maximum Gasteiger partial charge on any atom is 0.221 e. The molecule has 0 aromatic carbocycles. The highest BCUT2D eigenvalue weighted by molar-refractivity contribution is 5.76. The second-order valence-corrected chi connectivity index (χ2v) is 4.72. The molecule has 0 aliphatic heterocycles. The Hall–Kier alpha value is -0.610. The van der Waals surface area contributed by atoms with E-state index >= 15 is 0 Å². The van der Waals surface area contributed by atoms with Crippen LogP contribution in [0.2, 0.25) is 0 Å². The number of carbonyl (C=O) groups is 1. The summed E-state index contributed by atoms with van der Waals surface area (Å²) in [5.74, 6) is -0.463. The van der Waals surface area contributed by atoms with Gasteiger partial charge in [-0.25, -0.2) is 0 Å². The number of aliphatic hydroxyl groups is 1. The standard InChI is InChI=1S/C11H22N2O2/c1-9(10(12)14)7-13-8-11(15)5-3-2-4-6-11/h9,13,15H,2-8H2,1H3,(H2,12,14). The second-order valence-electron chi connectivity index (χ2n) is 4.72. The molecule has 88 valence electrons. The van der Waals surface area contributed by atoms with E-state index in [0.717, 1.165) is 25.7 Å². The van der Waals surface area contributed by atoms with E-state index in [1.165, 1.54) is 6.42 Å². The Morgan fingerprint density at radius 3 is 2.60 bits per heavy atom. The van der Waals surface area contributed by atoms with Gasteiger partial charge in [0.1, 0.15) is 0 Å². The van der Waals surface area contributed by atoms with Gasteiger partial charge in [-0.2, -0.15) is 0 Å². The van der Waals surface area contributed by atoms with E-state index in [1.807, 2.05) is 0 Å². The lowest BCUT2D eigenvalue weighted by Crippen LogP contribution is -2.44. The molecule has 1 rings (SSSR count). The molecule has 0 radical (unpaired) electrons. The lowest BCUT2D eigenvalue weighted by molar-refractivity contribution is -0.121. The summed E-state index contributed by atoms with van der Waals surface area (Å²) in [5.41, 5.74) is 4.59. The Kier molecular flexibility index (Phi) is 4.54. The quantitative estimate of drug-likeness (QED) is 0.620. The fourth-order valence-electron chi connectivity index (χ4n) is 2.01. The maximum atomic E-state index is 10.8. The van der Waals surface area contributed by atoms with E-state index in [9.17, 15) is 9.90 Å². The van der Waals surface area contributed by atoms with Crippen LogP contribution in [-0.2, 0) is 4.79 Å². The molecule has 0 heterocycles. The molecule has 1 aliphatic rings. The van der Waals surface area contributed by atoms with Gasteiger partial charge in [-0.3, -0.25) is 4.79 Å². The first-order valence-electron chi connectivity index (χ1n) is 5.76. The highest BCUT2D eigenvalue weighted by Gasteiger charge is 2.28. The molecule has 0 aromatic heterocycles. The van der Waals surface area contributed by atoms with Crippen molar-refractivity contribution in [1.82, 2.24) is 5.32 Å². The fraction of sp³-hybridized carbons (Fsp3) is 0.909. The van der Waals surface area contributed by atoms with Crippen LogP contribution in [0.4, 0.5) is 0 Å². The predicted octanol–water partition coefficient (Wildman–Crippen LogP) is 0.393. The molecule has 1 amide bonds. The van der Waals surface area contributed by atoms with Gasteiger partial charge in [0.2, 0.25) is 5.91 Å². The van der Waals surface area contributed by atoms with Crippen LogP contribution >= 0.6 is 0 Å². The zero-order chi connectivity index (χ0) is 11.3. The average Bonchev–Trinajstić information content (AvgIpc) is 2.18. The summed E-state index contributed by atoms with van der Waals surface area (Å²) >= 11 is 0. The van der Waals surface area contributed by atoms with Crippen molar-refractivity contribution in [3.05, 3.63) is 0 Å². The molecule has 15 heavy (non-hydrogen) atoms. The van der Waals surface area contributed by atoms with Crippen LogP contribution < -0.4 is 11.1 Å². The van der Waals surface area contributed by atoms with Crippen LogP contribution in [0, 0.1) is 5.92 Å². The van der Waals surface area contributed by atoms with Crippen LogP contribution in [0.3, 0.4) is 0 Å². The highest BCUT2D eigenvalue weighted by Crippen LogP contribution is 2.27. The molecule has 1 unspecified atom stereocenters. The Bertz CT molecular complexity index is 213. The summed E-state index contributed by atoms with van der Waals surface area (Å²) in [4.78, 5) is 10.8. The Morgan fingerprint density at radius 1 is 1.47 bits per heavy atom. The first-order chi connectivity index (χ1) is 7.03. The molecule has 0 bridgehead atoms. The van der Waals surface area contributed by atoms with Gasteiger partial charge < -0.3 is 16.2 Å². The third-order valence-corrected chi connectivity index (χ3v) is 3.17. The van der Waals surface area contributed by atoms with Gasteiger partial charge in [-0.1, -0.05) is 26.2 Å². The van der Waals surface area contributed by atoms with E-state index in [1.54, 1.807) is 6.92 Å². The minimum absolute atomic E-state index is 0.169. The summed E-state index contributed by atoms with van der Waals surface area (Å²) < 4.78 is 0. The highest BCUT2D eigenvalue weighted by atomic mass is 16.3. The van der Waals surface area contributed by atoms with Gasteiger partial charge in [0, 0.05) is 19.0 Å². The molecule has 4 N–H and O–H groups in total. The molecule has 1 saturated carbocycles. The molecule has 1 atom stereocenters. The Balaban J connectivity index is 2.21. The monoisotopic (exact) mass is 214 g/mol. The molecule has 0 saturated heterocycles. The Morgan fingerprint density at radius 2 is 2.07 bits per heavy atom. The van der Waals surface area contributed by atoms with Gasteiger partial charge in [0.15, 0.2) is 0 Å². The van der Waals surface area contributed by atoms with Crippen LogP contribution in [0.15, 0.2) is 0 Å². The first-order valence-corrected chi connectivity index (χ1v) is 5.76. The zero-order valence-electron chi connectivity index (χ0n) is 9.46. The third kappa shape index (κ3) is 4.18. The SMILES string of the molecule is CC(CNCC1(O)CCCCC1)C(N)=O. The van der Waals surface area contributed by atoms with E-state index in [2.05, 4.69) is 5.32 Å². The van der Waals surface area contributed by atoms with Gasteiger partial charge in [0.05, 0.1) is 5.60 Å². The number of hydrogen-bond donors (Lipinski definition) is 3. The number of hydrogen-bond acceptors (Lipinski definition) is 3. The molecular formula is C11H22N2O2. The maximum absolute atomic E-state index is 10.8. The minimum Gasteiger partial charge on any atom is -0.389 e. The Labute approximate surface area is 91.2 Å². The van der Waals surface area contributed by atoms with Crippen molar-refractivity contribution in [2.45, 2.75) is 44.6 Å². The molecule has 1 aliphatic carbocycles. The second kappa shape index (κ2) is 5.47. The van der Waals surface area contributed by atoms with Gasteiger partial charge >= 0.3 is 0 Å². The summed E-state index contributed by atoms with van der Waals surface area (Å²) in [6, 6.07) is 0. The zero-order valence-corrected chi connectivity index (χ0v) is 9.46. The van der Waals surface area contributed by atoms with Crippen molar-refractivity contribution in [1.29, 1.82) is 0 Å². The molecule has 1 fully saturated rings. The normalized spacial score (nSPS) is 22.3. The third-order valence-electron chi connectivity index (χ3n) is 3.17. The van der Waals surface area contributed by atoms with E-state index in [0.29, 0.717) is 13.1 Å². The number of nitrogens with two attached hydrogens (primary N) is 1. The first kappa shape index (κ1) is 12.5. The molecular weight excluding hydrogens is 192 g/mol. The van der Waals surface area contributed by atoms with Crippen molar-refractivity contribution < 1.29 is 9.90 Å². The van der Waals surface area contributed by atoms with Crippen LogP contribution in [0.1, 0.15) is 39.0 Å². The van der Waals surface area contributed by atoms with E-state index in [-0.39, 0.29) is 11.8 Å². The topological polar surface area (TPSA) is 75.3 Å². The van der Waals surface area contributed by atoms with Crippen molar-refractivity contribution in [3.8, 4) is 0 Å². The summed E-state index contributed by atoms with van der Waals surface area (Å²) in [6.07, 6.45) is 5.16. The minimum atomic E-state index is -0.560. The van der Waals surface area contributed by atoms with Gasteiger partial charge in [-0.05, 0) is 12.8 Å². The largest absolute Gasteiger partial charge is 0.389 e. The summed E-state index contributed by atoms with van der Waals surface area (Å²) in [7, 11) is 0. The smallest absolute Gasteiger partial charge is 0.221 e. The number of rotatable bonds is 5. The van der Waals surface area contributed by atoms with Crippen LogP contribution in [0.5, 0.6) is 0 Å². The van der Waals surface area contributed by atoms with Crippen LogP contribution in [-0.4, -0.2) is 29.7 Å². The molecule has 4 heteroatoms. The van der Waals surface area contributed by atoms with Crippen molar-refractivity contribution in [3.63, 3.8) is 0 Å². The fourth-order valence-corrected chi connectivity index (χ4v) is 2.01. The van der Waals surface area contributed by atoms with Gasteiger partial charge in [-0.15, -0.1) is 0 Å². The van der Waals surface area contributed by atoms with Gasteiger partial charge in [0.25, 0.3) is 0 Å². The average molecular weight is 214 g/mol. The molecule has 0 aromatic rings. The lowest BCUT2D eigenvalue weighted by atomic mass is 9.85. The molecule has 0 spiro atoms. The number of nitrogens with one attached hydrogen (secondary N) is 1. The number of amides is 1. The van der Waals surface area contributed by atoms with Crippen LogP contribution in [0.25, 0.3) is 0 Å². The lowest BCUT2D eigenvalue weighted by Gasteiger charge is -2.32. The summed E-state index contributed by atoms with van der Waals surface area (Å²) in [6.45, 7) is 2.92. The number of primary amides is 1. The van der Waals surface area contributed by atoms with Crippen molar-refractivity contribution in [2.24, 2.45) is 11.7 Å². The number of carbonyl (C=O) groups excluding carboxylic acids is 1. The van der Waals surface area contributed by atoms with Crippen molar-refractivity contribution in [2.75, 3.05) is 13.1 Å². The summed E-state index contributed by atoms with van der Waals surface area (Å²) in [5, 5.41) is 13.3. The molecule has 4 nitrogen and oxygen atoms in total. The predicted molar refractivity (Wildman–Crippen MR) is 59.3 cm³/mol. The van der Waals surface area contributed by atoms with E-state index in [4.69, 9.17) is 5.73 Å². The van der Waals surface area contributed by atoms with E-state index < -0.39 is 5.60 Å².